The lowest BCUT2D eigenvalue weighted by Gasteiger charge is -2.23. The fourth-order valence-corrected chi connectivity index (χ4v) is 4.29. The first-order valence-corrected chi connectivity index (χ1v) is 8.22. The van der Waals surface area contributed by atoms with Gasteiger partial charge in [0.05, 0.1) is 4.90 Å². The Morgan fingerprint density at radius 3 is 2.79 bits per heavy atom. The van der Waals surface area contributed by atoms with Gasteiger partial charge in [0.2, 0.25) is 10.0 Å². The van der Waals surface area contributed by atoms with E-state index in [9.17, 15) is 8.42 Å². The number of rotatable bonds is 4. The third kappa shape index (κ3) is 2.83. The first kappa shape index (κ1) is 14.5. The Morgan fingerprint density at radius 1 is 1.42 bits per heavy atom. The van der Waals surface area contributed by atoms with E-state index in [1.165, 1.54) is 0 Å². The minimum atomic E-state index is -3.40. The van der Waals surface area contributed by atoms with Crippen LogP contribution in [0.1, 0.15) is 38.2 Å². The van der Waals surface area contributed by atoms with E-state index in [-0.39, 0.29) is 6.04 Å². The van der Waals surface area contributed by atoms with Gasteiger partial charge in [-0.3, -0.25) is 0 Å². The van der Waals surface area contributed by atoms with Crippen molar-refractivity contribution >= 4 is 10.0 Å². The molecule has 1 aromatic rings. The van der Waals surface area contributed by atoms with Gasteiger partial charge in [0, 0.05) is 19.1 Å². The highest BCUT2D eigenvalue weighted by atomic mass is 32.2. The van der Waals surface area contributed by atoms with Gasteiger partial charge in [-0.25, -0.2) is 8.42 Å². The van der Waals surface area contributed by atoms with Crippen LogP contribution >= 0.6 is 0 Å². The molecule has 1 saturated heterocycles. The van der Waals surface area contributed by atoms with Crippen LogP contribution in [-0.2, 0) is 10.0 Å². The zero-order valence-corrected chi connectivity index (χ0v) is 12.4. The van der Waals surface area contributed by atoms with E-state index in [1.807, 2.05) is 12.1 Å². The molecule has 1 heterocycles. The molecule has 0 aromatic heterocycles. The Morgan fingerprint density at radius 2 is 2.16 bits per heavy atom. The van der Waals surface area contributed by atoms with Crippen LogP contribution in [0.3, 0.4) is 0 Å². The first-order chi connectivity index (χ1) is 8.96. The molecular formula is C14H22N2O2S. The van der Waals surface area contributed by atoms with Crippen molar-refractivity contribution in [3.63, 3.8) is 0 Å². The zero-order chi connectivity index (χ0) is 14.0. The molecule has 0 aliphatic carbocycles. The molecular weight excluding hydrogens is 260 g/mol. The fraction of sp³-hybridized carbons (Fsp3) is 0.571. The van der Waals surface area contributed by atoms with E-state index in [0.717, 1.165) is 18.4 Å². The van der Waals surface area contributed by atoms with Gasteiger partial charge in [-0.15, -0.1) is 0 Å². The highest BCUT2D eigenvalue weighted by Gasteiger charge is 2.34. The van der Waals surface area contributed by atoms with Crippen LogP contribution in [0.5, 0.6) is 0 Å². The standard InChI is InChI=1S/C14H22N2O2S/c1-11(2)12-5-3-7-14(9-12)19(17,18)16-8-4-6-13(16)10-15/h3,5,7,9,11,13H,4,6,8,10,15H2,1-2H3. The van der Waals surface area contributed by atoms with Gasteiger partial charge in [0.1, 0.15) is 0 Å². The van der Waals surface area contributed by atoms with E-state index in [1.54, 1.807) is 16.4 Å². The molecule has 0 amide bonds. The molecule has 1 aliphatic rings. The minimum Gasteiger partial charge on any atom is -0.329 e. The monoisotopic (exact) mass is 282 g/mol. The molecule has 1 fully saturated rings. The molecule has 0 bridgehead atoms. The van der Waals surface area contributed by atoms with Gasteiger partial charge in [-0.2, -0.15) is 4.31 Å². The Balaban J connectivity index is 2.36. The van der Waals surface area contributed by atoms with E-state index in [0.29, 0.717) is 23.9 Å². The van der Waals surface area contributed by atoms with Gasteiger partial charge >= 0.3 is 0 Å². The number of hydrogen-bond donors (Lipinski definition) is 1. The van der Waals surface area contributed by atoms with E-state index in [4.69, 9.17) is 5.73 Å². The largest absolute Gasteiger partial charge is 0.329 e. The molecule has 4 nitrogen and oxygen atoms in total. The maximum Gasteiger partial charge on any atom is 0.243 e. The Kier molecular flexibility index (Phi) is 4.28. The van der Waals surface area contributed by atoms with Crippen molar-refractivity contribution in [3.8, 4) is 0 Å². The summed E-state index contributed by atoms with van der Waals surface area (Å²) < 4.78 is 26.9. The second-order valence-electron chi connectivity index (χ2n) is 5.37. The van der Waals surface area contributed by atoms with Crippen molar-refractivity contribution < 1.29 is 8.42 Å². The lowest BCUT2D eigenvalue weighted by molar-refractivity contribution is 0.393. The van der Waals surface area contributed by atoms with Gasteiger partial charge < -0.3 is 5.73 Å². The molecule has 1 atom stereocenters. The fourth-order valence-electron chi connectivity index (χ4n) is 2.53. The predicted molar refractivity (Wildman–Crippen MR) is 76.5 cm³/mol. The second kappa shape index (κ2) is 5.61. The van der Waals surface area contributed by atoms with Gasteiger partial charge in [-0.05, 0) is 36.5 Å². The molecule has 1 unspecified atom stereocenters. The molecule has 5 heteroatoms. The highest BCUT2D eigenvalue weighted by molar-refractivity contribution is 7.89. The minimum absolute atomic E-state index is 0.0484. The number of nitrogens with two attached hydrogens (primary N) is 1. The number of hydrogen-bond acceptors (Lipinski definition) is 3. The smallest absolute Gasteiger partial charge is 0.243 e. The van der Waals surface area contributed by atoms with Crippen LogP contribution in [0, 0.1) is 0 Å². The number of benzene rings is 1. The topological polar surface area (TPSA) is 63.4 Å². The Hall–Kier alpha value is -0.910. The summed E-state index contributed by atoms with van der Waals surface area (Å²) in [5.41, 5.74) is 6.72. The molecule has 2 rings (SSSR count). The first-order valence-electron chi connectivity index (χ1n) is 6.78. The molecule has 0 spiro atoms. The predicted octanol–water partition coefficient (Wildman–Crippen LogP) is 1.92. The normalized spacial score (nSPS) is 21.2. The van der Waals surface area contributed by atoms with Crippen molar-refractivity contribution in [1.82, 2.24) is 4.31 Å². The summed E-state index contributed by atoms with van der Waals surface area (Å²) in [4.78, 5) is 0.388. The summed E-state index contributed by atoms with van der Waals surface area (Å²) in [6.07, 6.45) is 1.75. The molecule has 0 saturated carbocycles. The quantitative estimate of drug-likeness (QED) is 0.917. The van der Waals surface area contributed by atoms with Crippen LogP contribution in [0.25, 0.3) is 0 Å². The van der Waals surface area contributed by atoms with E-state index >= 15 is 0 Å². The Bertz CT molecular complexity index is 540. The molecule has 1 aliphatic heterocycles. The van der Waals surface area contributed by atoms with Gasteiger partial charge in [0.25, 0.3) is 0 Å². The summed E-state index contributed by atoms with van der Waals surface area (Å²) in [5, 5.41) is 0. The molecule has 2 N–H and O–H groups in total. The molecule has 19 heavy (non-hydrogen) atoms. The number of sulfonamides is 1. The zero-order valence-electron chi connectivity index (χ0n) is 11.5. The van der Waals surface area contributed by atoms with Crippen molar-refractivity contribution in [1.29, 1.82) is 0 Å². The lowest BCUT2D eigenvalue weighted by atomic mass is 10.0. The molecule has 0 radical (unpaired) electrons. The average molecular weight is 282 g/mol. The van der Waals surface area contributed by atoms with E-state index < -0.39 is 10.0 Å². The van der Waals surface area contributed by atoms with Crippen LogP contribution in [0.4, 0.5) is 0 Å². The van der Waals surface area contributed by atoms with Gasteiger partial charge in [-0.1, -0.05) is 26.0 Å². The average Bonchev–Trinajstić information content (AvgIpc) is 2.88. The van der Waals surface area contributed by atoms with Crippen molar-refractivity contribution in [3.05, 3.63) is 29.8 Å². The maximum absolute atomic E-state index is 12.6. The summed E-state index contributed by atoms with van der Waals surface area (Å²) >= 11 is 0. The lowest BCUT2D eigenvalue weighted by Crippen LogP contribution is -2.39. The van der Waals surface area contributed by atoms with Crippen molar-refractivity contribution in [2.75, 3.05) is 13.1 Å². The third-order valence-corrected chi connectivity index (χ3v) is 5.67. The van der Waals surface area contributed by atoms with Crippen LogP contribution in [0.15, 0.2) is 29.2 Å². The number of nitrogens with zero attached hydrogens (tertiary/aromatic N) is 1. The summed E-state index contributed by atoms with van der Waals surface area (Å²) in [7, 11) is -3.40. The summed E-state index contributed by atoms with van der Waals surface area (Å²) in [6, 6.07) is 7.19. The van der Waals surface area contributed by atoms with Crippen LogP contribution in [0.2, 0.25) is 0 Å². The maximum atomic E-state index is 12.6. The summed E-state index contributed by atoms with van der Waals surface area (Å²) in [5.74, 6) is 0.319. The molecule has 1 aromatic carbocycles. The summed E-state index contributed by atoms with van der Waals surface area (Å²) in [6.45, 7) is 5.09. The SMILES string of the molecule is CC(C)c1cccc(S(=O)(=O)N2CCCC2CN)c1. The van der Waals surface area contributed by atoms with Crippen LogP contribution in [-0.4, -0.2) is 31.9 Å². The second-order valence-corrected chi connectivity index (χ2v) is 7.27. The van der Waals surface area contributed by atoms with Crippen molar-refractivity contribution in [2.24, 2.45) is 5.73 Å². The highest BCUT2D eigenvalue weighted by Crippen LogP contribution is 2.27. The van der Waals surface area contributed by atoms with Gasteiger partial charge in [0.15, 0.2) is 0 Å². The Labute approximate surface area is 115 Å². The third-order valence-electron chi connectivity index (χ3n) is 3.73. The van der Waals surface area contributed by atoms with E-state index in [2.05, 4.69) is 13.8 Å². The van der Waals surface area contributed by atoms with Crippen molar-refractivity contribution in [2.45, 2.75) is 43.5 Å². The van der Waals surface area contributed by atoms with Crippen LogP contribution < -0.4 is 5.73 Å². The molecule has 106 valence electrons.